The van der Waals surface area contributed by atoms with Crippen LogP contribution in [0.25, 0.3) is 0 Å². The van der Waals surface area contributed by atoms with Crippen LogP contribution in [-0.4, -0.2) is 23.7 Å². The molecule has 1 unspecified atom stereocenters. The van der Waals surface area contributed by atoms with Gasteiger partial charge in [-0.3, -0.25) is 4.79 Å². The number of nitriles is 1. The first-order valence-corrected chi connectivity index (χ1v) is 4.55. The molecule has 0 rings (SSSR count). The minimum Gasteiger partial charge on any atom is -0.480 e. The number of carboxylic acid groups (broad SMARTS) is 1. The molecule has 2 N–H and O–H groups in total. The molecule has 74 valence electrons. The molecule has 1 atom stereocenters. The summed E-state index contributed by atoms with van der Waals surface area (Å²) in [6.45, 7) is 2.48. The van der Waals surface area contributed by atoms with Crippen LogP contribution >= 0.6 is 0 Å². The van der Waals surface area contributed by atoms with Crippen molar-refractivity contribution < 1.29 is 9.90 Å². The van der Waals surface area contributed by atoms with Crippen LogP contribution in [0.5, 0.6) is 0 Å². The van der Waals surface area contributed by atoms with Gasteiger partial charge in [0.2, 0.25) is 0 Å². The van der Waals surface area contributed by atoms with Gasteiger partial charge >= 0.3 is 5.97 Å². The lowest BCUT2D eigenvalue weighted by Crippen LogP contribution is -2.37. The maximum absolute atomic E-state index is 10.7. The van der Waals surface area contributed by atoms with E-state index in [0.29, 0.717) is 19.4 Å². The molecule has 0 amide bonds. The van der Waals surface area contributed by atoms with Crippen molar-refractivity contribution in [3.63, 3.8) is 0 Å². The van der Waals surface area contributed by atoms with Crippen molar-refractivity contribution in [1.82, 2.24) is 5.32 Å². The van der Waals surface area contributed by atoms with Crippen LogP contribution in [0.4, 0.5) is 0 Å². The Kier molecular flexibility index (Phi) is 6.93. The van der Waals surface area contributed by atoms with Gasteiger partial charge in [0, 0.05) is 13.0 Å². The summed E-state index contributed by atoms with van der Waals surface area (Å²) in [5.74, 6) is -0.827. The lowest BCUT2D eigenvalue weighted by atomic mass is 10.1. The maximum Gasteiger partial charge on any atom is 0.320 e. The third-order valence-corrected chi connectivity index (χ3v) is 1.77. The van der Waals surface area contributed by atoms with Crippen LogP contribution < -0.4 is 5.32 Å². The van der Waals surface area contributed by atoms with E-state index < -0.39 is 12.0 Å². The number of hydrogen-bond acceptors (Lipinski definition) is 3. The molecule has 0 radical (unpaired) electrons. The minimum absolute atomic E-state index is 0.357. The van der Waals surface area contributed by atoms with Crippen molar-refractivity contribution in [2.75, 3.05) is 6.54 Å². The SMILES string of the molecule is CCCCC(NCCC#N)C(=O)O. The average molecular weight is 184 g/mol. The van der Waals surface area contributed by atoms with Gasteiger partial charge < -0.3 is 10.4 Å². The summed E-state index contributed by atoms with van der Waals surface area (Å²) >= 11 is 0. The van der Waals surface area contributed by atoms with Crippen molar-refractivity contribution >= 4 is 5.97 Å². The number of nitrogens with one attached hydrogen (secondary N) is 1. The summed E-state index contributed by atoms with van der Waals surface area (Å²) in [5, 5.41) is 19.8. The van der Waals surface area contributed by atoms with Crippen LogP contribution in [0.2, 0.25) is 0 Å². The zero-order valence-corrected chi connectivity index (χ0v) is 7.92. The van der Waals surface area contributed by atoms with Gasteiger partial charge in [-0.25, -0.2) is 0 Å². The Morgan fingerprint density at radius 2 is 2.38 bits per heavy atom. The Morgan fingerprint density at radius 1 is 1.69 bits per heavy atom. The number of rotatable bonds is 7. The molecule has 0 aliphatic rings. The monoisotopic (exact) mass is 184 g/mol. The Labute approximate surface area is 78.6 Å². The van der Waals surface area contributed by atoms with E-state index >= 15 is 0 Å². The number of unbranched alkanes of at least 4 members (excludes halogenated alkanes) is 1. The predicted molar refractivity (Wildman–Crippen MR) is 49.2 cm³/mol. The van der Waals surface area contributed by atoms with E-state index in [1.165, 1.54) is 0 Å². The highest BCUT2D eigenvalue weighted by atomic mass is 16.4. The topological polar surface area (TPSA) is 73.1 Å². The highest BCUT2D eigenvalue weighted by molar-refractivity contribution is 5.73. The van der Waals surface area contributed by atoms with Gasteiger partial charge in [-0.15, -0.1) is 0 Å². The van der Waals surface area contributed by atoms with Crippen molar-refractivity contribution in [3.8, 4) is 6.07 Å². The second kappa shape index (κ2) is 7.56. The number of aliphatic carboxylic acids is 1. The van der Waals surface area contributed by atoms with E-state index in [0.717, 1.165) is 12.8 Å². The summed E-state index contributed by atoms with van der Waals surface area (Å²) < 4.78 is 0. The number of nitrogens with zero attached hydrogens (tertiary/aromatic N) is 1. The smallest absolute Gasteiger partial charge is 0.320 e. The van der Waals surface area contributed by atoms with E-state index in [-0.39, 0.29) is 0 Å². The summed E-state index contributed by atoms with van der Waals surface area (Å²) in [5.41, 5.74) is 0. The van der Waals surface area contributed by atoms with Crippen molar-refractivity contribution in [2.24, 2.45) is 0 Å². The van der Waals surface area contributed by atoms with Crippen LogP contribution in [0.15, 0.2) is 0 Å². The van der Waals surface area contributed by atoms with Gasteiger partial charge in [0.05, 0.1) is 6.07 Å². The summed E-state index contributed by atoms with van der Waals surface area (Å²) in [6, 6.07) is 1.47. The van der Waals surface area contributed by atoms with E-state index in [9.17, 15) is 4.79 Å². The van der Waals surface area contributed by atoms with E-state index in [1.54, 1.807) is 0 Å². The summed E-state index contributed by atoms with van der Waals surface area (Å²) in [4.78, 5) is 10.7. The standard InChI is InChI=1S/C9H16N2O2/c1-2-3-5-8(9(12)13)11-7-4-6-10/h8,11H,2-5,7H2,1H3,(H,12,13). The summed E-state index contributed by atoms with van der Waals surface area (Å²) in [6.07, 6.45) is 2.88. The molecule has 4 nitrogen and oxygen atoms in total. The fraction of sp³-hybridized carbons (Fsp3) is 0.778. The highest BCUT2D eigenvalue weighted by Crippen LogP contribution is 2.00. The zero-order chi connectivity index (χ0) is 10.1. The summed E-state index contributed by atoms with van der Waals surface area (Å²) in [7, 11) is 0. The molecule has 0 aliphatic carbocycles. The second-order valence-corrected chi connectivity index (χ2v) is 2.90. The molecule has 0 aliphatic heterocycles. The Balaban J connectivity index is 3.68. The number of hydrogen-bond donors (Lipinski definition) is 2. The van der Waals surface area contributed by atoms with Crippen LogP contribution in [0.1, 0.15) is 32.6 Å². The normalized spacial score (nSPS) is 12.0. The average Bonchev–Trinajstić information content (AvgIpc) is 2.10. The lowest BCUT2D eigenvalue weighted by molar-refractivity contribution is -0.139. The molecule has 0 heterocycles. The van der Waals surface area contributed by atoms with Crippen molar-refractivity contribution in [1.29, 1.82) is 5.26 Å². The Morgan fingerprint density at radius 3 is 2.85 bits per heavy atom. The fourth-order valence-corrected chi connectivity index (χ4v) is 1.02. The fourth-order valence-electron chi connectivity index (χ4n) is 1.02. The number of carbonyl (C=O) groups is 1. The van der Waals surface area contributed by atoms with Gasteiger partial charge in [-0.2, -0.15) is 5.26 Å². The molecule has 0 saturated heterocycles. The van der Waals surface area contributed by atoms with E-state index in [1.807, 2.05) is 13.0 Å². The first-order chi connectivity index (χ1) is 6.22. The minimum atomic E-state index is -0.827. The molecule has 13 heavy (non-hydrogen) atoms. The van der Waals surface area contributed by atoms with E-state index in [4.69, 9.17) is 10.4 Å². The van der Waals surface area contributed by atoms with Gasteiger partial charge in [0.25, 0.3) is 0 Å². The van der Waals surface area contributed by atoms with Gasteiger partial charge in [-0.1, -0.05) is 19.8 Å². The van der Waals surface area contributed by atoms with Crippen LogP contribution in [0.3, 0.4) is 0 Å². The van der Waals surface area contributed by atoms with Gasteiger partial charge in [0.15, 0.2) is 0 Å². The third-order valence-electron chi connectivity index (χ3n) is 1.77. The molecule has 0 aromatic heterocycles. The lowest BCUT2D eigenvalue weighted by Gasteiger charge is -2.12. The molecule has 0 spiro atoms. The first kappa shape index (κ1) is 11.9. The molecule has 0 fully saturated rings. The molecule has 0 aromatic rings. The maximum atomic E-state index is 10.7. The van der Waals surface area contributed by atoms with E-state index in [2.05, 4.69) is 5.32 Å². The van der Waals surface area contributed by atoms with Crippen molar-refractivity contribution in [3.05, 3.63) is 0 Å². The Hall–Kier alpha value is -1.08. The first-order valence-electron chi connectivity index (χ1n) is 4.55. The van der Waals surface area contributed by atoms with Crippen molar-refractivity contribution in [2.45, 2.75) is 38.6 Å². The highest BCUT2D eigenvalue weighted by Gasteiger charge is 2.14. The molecular formula is C9H16N2O2. The van der Waals surface area contributed by atoms with Crippen LogP contribution in [0, 0.1) is 11.3 Å². The van der Waals surface area contributed by atoms with Gasteiger partial charge in [0.1, 0.15) is 6.04 Å². The predicted octanol–water partition coefficient (Wildman–Crippen LogP) is 1.13. The zero-order valence-electron chi connectivity index (χ0n) is 7.92. The third kappa shape index (κ3) is 6.12. The molecule has 4 heteroatoms. The molecular weight excluding hydrogens is 168 g/mol. The number of carboxylic acids is 1. The molecule has 0 aromatic carbocycles. The largest absolute Gasteiger partial charge is 0.480 e. The quantitative estimate of drug-likeness (QED) is 0.582. The second-order valence-electron chi connectivity index (χ2n) is 2.90. The Bertz CT molecular complexity index is 187. The molecule has 0 bridgehead atoms. The molecule has 0 saturated carbocycles. The van der Waals surface area contributed by atoms with Crippen LogP contribution in [-0.2, 0) is 4.79 Å². The van der Waals surface area contributed by atoms with Gasteiger partial charge in [-0.05, 0) is 6.42 Å².